The number of benzene rings is 7. The molecule has 0 aliphatic heterocycles. The van der Waals surface area contributed by atoms with Crippen molar-refractivity contribution >= 4 is 75.5 Å². The average molecular weight is 750 g/mol. The van der Waals surface area contributed by atoms with Crippen LogP contribution in [-0.2, 0) is 0 Å². The summed E-state index contributed by atoms with van der Waals surface area (Å²) in [4.78, 5) is 25.5. The van der Waals surface area contributed by atoms with E-state index in [0.717, 1.165) is 97.7 Å². The van der Waals surface area contributed by atoms with Gasteiger partial charge in [0, 0.05) is 59.4 Å². The van der Waals surface area contributed by atoms with E-state index < -0.39 is 0 Å². The van der Waals surface area contributed by atoms with E-state index in [-0.39, 0.29) is 0 Å². The van der Waals surface area contributed by atoms with Gasteiger partial charge in [-0.15, -0.1) is 11.3 Å². The highest BCUT2D eigenvalue weighted by Gasteiger charge is 2.21. The van der Waals surface area contributed by atoms with Gasteiger partial charge in [-0.3, -0.25) is 0 Å². The maximum atomic E-state index is 6.65. The normalized spacial score (nSPS) is 11.9. The molecule has 0 spiro atoms. The second-order valence-electron chi connectivity index (χ2n) is 14.0. The standard InChI is InChI=1S/C49H27N5O2S/c1-3-12-28(13-4-1)46-52-47(29-14-5-2-6-15-29)54-49(53-46)36-18-11-20-38-42(36)34-25-22-30(26-40(34)56-38)43-45-44(35-17-8-10-21-41(35)57-45)51-48(50-43)31-23-24-33-32-16-7-9-19-37(32)55-39(33)27-31/h1-27H. The molecule has 0 radical (unpaired) electrons. The van der Waals surface area contributed by atoms with Gasteiger partial charge < -0.3 is 8.83 Å². The summed E-state index contributed by atoms with van der Waals surface area (Å²) < 4.78 is 15.1. The lowest BCUT2D eigenvalue weighted by Crippen LogP contribution is -2.00. The maximum Gasteiger partial charge on any atom is 0.164 e. The highest BCUT2D eigenvalue weighted by molar-refractivity contribution is 7.26. The number of hydrogen-bond acceptors (Lipinski definition) is 8. The van der Waals surface area contributed by atoms with Crippen molar-refractivity contribution < 1.29 is 8.83 Å². The molecule has 0 N–H and O–H groups in total. The Bertz CT molecular complexity index is 3480. The van der Waals surface area contributed by atoms with Gasteiger partial charge in [0.25, 0.3) is 0 Å². The first kappa shape index (κ1) is 31.8. The van der Waals surface area contributed by atoms with Crippen molar-refractivity contribution in [3.8, 4) is 56.8 Å². The Kier molecular flexibility index (Phi) is 6.96. The number of furan rings is 2. The molecule has 57 heavy (non-hydrogen) atoms. The highest BCUT2D eigenvalue weighted by atomic mass is 32.1. The van der Waals surface area contributed by atoms with Crippen molar-refractivity contribution in [2.24, 2.45) is 0 Å². The third-order valence-corrected chi connectivity index (χ3v) is 11.7. The Morgan fingerprint density at radius 2 is 0.947 bits per heavy atom. The van der Waals surface area contributed by atoms with Gasteiger partial charge in [-0.05, 0) is 42.5 Å². The zero-order valence-electron chi connectivity index (χ0n) is 30.0. The molecule has 5 heterocycles. The van der Waals surface area contributed by atoms with Crippen molar-refractivity contribution in [2.75, 3.05) is 0 Å². The fourth-order valence-electron chi connectivity index (χ4n) is 7.87. The first-order valence-electron chi connectivity index (χ1n) is 18.7. The fourth-order valence-corrected chi connectivity index (χ4v) is 9.02. The SMILES string of the molecule is c1ccc(-c2nc(-c3ccccc3)nc(-c3cccc4oc5cc(-c6nc(-c7ccc8c(c7)oc7ccccc78)nc7c6sc6ccccc67)ccc5c34)n2)cc1. The molecular formula is C49H27N5O2S. The largest absolute Gasteiger partial charge is 0.456 e. The molecule has 0 bridgehead atoms. The van der Waals surface area contributed by atoms with Crippen LogP contribution in [0.3, 0.4) is 0 Å². The van der Waals surface area contributed by atoms with Crippen LogP contribution < -0.4 is 0 Å². The van der Waals surface area contributed by atoms with Crippen molar-refractivity contribution in [1.29, 1.82) is 0 Å². The van der Waals surface area contributed by atoms with E-state index >= 15 is 0 Å². The minimum Gasteiger partial charge on any atom is -0.456 e. The van der Waals surface area contributed by atoms with E-state index in [4.69, 9.17) is 33.8 Å². The molecule has 0 amide bonds. The van der Waals surface area contributed by atoms with E-state index in [2.05, 4.69) is 66.7 Å². The van der Waals surface area contributed by atoms with Crippen LogP contribution in [0, 0.1) is 0 Å². The number of thiophene rings is 1. The Balaban J connectivity index is 1.04. The monoisotopic (exact) mass is 749 g/mol. The summed E-state index contributed by atoms with van der Waals surface area (Å²) in [6.07, 6.45) is 0. The lowest BCUT2D eigenvalue weighted by atomic mass is 10.0. The molecule has 12 aromatic rings. The Morgan fingerprint density at radius 3 is 1.75 bits per heavy atom. The smallest absolute Gasteiger partial charge is 0.164 e. The molecule has 0 unspecified atom stereocenters. The van der Waals surface area contributed by atoms with Gasteiger partial charge in [-0.25, -0.2) is 24.9 Å². The first-order chi connectivity index (χ1) is 28.2. The lowest BCUT2D eigenvalue weighted by Gasteiger charge is -2.09. The predicted octanol–water partition coefficient (Wildman–Crippen LogP) is 13.2. The van der Waals surface area contributed by atoms with Crippen LogP contribution in [0.4, 0.5) is 0 Å². The zero-order valence-corrected chi connectivity index (χ0v) is 30.9. The molecule has 0 saturated carbocycles. The zero-order chi connectivity index (χ0) is 37.5. The van der Waals surface area contributed by atoms with Crippen molar-refractivity contribution in [3.05, 3.63) is 164 Å². The predicted molar refractivity (Wildman–Crippen MR) is 230 cm³/mol. The molecule has 7 aromatic carbocycles. The summed E-state index contributed by atoms with van der Waals surface area (Å²) >= 11 is 1.71. The van der Waals surface area contributed by atoms with E-state index in [9.17, 15) is 0 Å². The first-order valence-corrected chi connectivity index (χ1v) is 19.5. The maximum absolute atomic E-state index is 6.65. The highest BCUT2D eigenvalue weighted by Crippen LogP contribution is 2.43. The molecule has 0 aliphatic rings. The van der Waals surface area contributed by atoms with E-state index in [1.165, 1.54) is 0 Å². The number of rotatable bonds is 5. The van der Waals surface area contributed by atoms with Crippen LogP contribution >= 0.6 is 11.3 Å². The molecule has 12 rings (SSSR count). The number of nitrogens with zero attached hydrogens (tertiary/aromatic N) is 5. The molecule has 5 aromatic heterocycles. The number of hydrogen-bond donors (Lipinski definition) is 0. The third-order valence-electron chi connectivity index (χ3n) is 10.6. The lowest BCUT2D eigenvalue weighted by molar-refractivity contribution is 0.668. The fraction of sp³-hybridized carbons (Fsp3) is 0. The summed E-state index contributed by atoms with van der Waals surface area (Å²) in [5.74, 6) is 2.43. The van der Waals surface area contributed by atoms with Crippen LogP contribution in [0.15, 0.2) is 173 Å². The van der Waals surface area contributed by atoms with Gasteiger partial charge in [-0.1, -0.05) is 121 Å². The molecule has 7 nitrogen and oxygen atoms in total. The van der Waals surface area contributed by atoms with Crippen LogP contribution in [0.1, 0.15) is 0 Å². The minimum atomic E-state index is 0.578. The van der Waals surface area contributed by atoms with Gasteiger partial charge >= 0.3 is 0 Å². The second kappa shape index (κ2) is 12.5. The quantitative estimate of drug-likeness (QED) is 0.173. The van der Waals surface area contributed by atoms with Crippen molar-refractivity contribution in [1.82, 2.24) is 24.9 Å². The van der Waals surface area contributed by atoms with Crippen LogP contribution in [0.25, 0.3) is 121 Å². The second-order valence-corrected chi connectivity index (χ2v) is 15.1. The van der Waals surface area contributed by atoms with Gasteiger partial charge in [0.2, 0.25) is 0 Å². The van der Waals surface area contributed by atoms with E-state index in [1.807, 2.05) is 97.1 Å². The molecule has 0 aliphatic carbocycles. The Morgan fingerprint density at radius 1 is 0.368 bits per heavy atom. The number of para-hydroxylation sites is 1. The number of fused-ring (bicyclic) bond motifs is 9. The molecule has 8 heteroatoms. The van der Waals surface area contributed by atoms with Gasteiger partial charge in [0.15, 0.2) is 23.3 Å². The Hall–Kier alpha value is -7.55. The van der Waals surface area contributed by atoms with Crippen molar-refractivity contribution in [2.45, 2.75) is 0 Å². The summed E-state index contributed by atoms with van der Waals surface area (Å²) in [5, 5.41) is 5.16. The minimum absolute atomic E-state index is 0.578. The van der Waals surface area contributed by atoms with Gasteiger partial charge in [0.05, 0.1) is 15.9 Å². The van der Waals surface area contributed by atoms with Gasteiger partial charge in [-0.2, -0.15) is 0 Å². The van der Waals surface area contributed by atoms with Crippen LogP contribution in [0.5, 0.6) is 0 Å². The van der Waals surface area contributed by atoms with Crippen molar-refractivity contribution in [3.63, 3.8) is 0 Å². The molecule has 0 atom stereocenters. The number of aromatic nitrogens is 5. The average Bonchev–Trinajstić information content (AvgIpc) is 3.97. The summed E-state index contributed by atoms with van der Waals surface area (Å²) in [5.41, 5.74) is 9.45. The Labute approximate surface area is 328 Å². The topological polar surface area (TPSA) is 90.7 Å². The van der Waals surface area contributed by atoms with Crippen LogP contribution in [0.2, 0.25) is 0 Å². The molecule has 0 fully saturated rings. The summed E-state index contributed by atoms with van der Waals surface area (Å²) in [6, 6.07) is 55.2. The molecule has 266 valence electrons. The molecule has 0 saturated heterocycles. The van der Waals surface area contributed by atoms with Crippen LogP contribution in [-0.4, -0.2) is 24.9 Å². The van der Waals surface area contributed by atoms with E-state index in [0.29, 0.717) is 23.3 Å². The summed E-state index contributed by atoms with van der Waals surface area (Å²) in [6.45, 7) is 0. The van der Waals surface area contributed by atoms with E-state index in [1.54, 1.807) is 11.3 Å². The summed E-state index contributed by atoms with van der Waals surface area (Å²) in [7, 11) is 0. The molecular weight excluding hydrogens is 723 g/mol. The van der Waals surface area contributed by atoms with Gasteiger partial charge in [0.1, 0.15) is 22.3 Å². The third kappa shape index (κ3) is 5.15.